The van der Waals surface area contributed by atoms with Crippen LogP contribution >= 0.6 is 0 Å². The molecule has 0 aliphatic rings. The van der Waals surface area contributed by atoms with Gasteiger partial charge in [0.15, 0.2) is 5.65 Å². The van der Waals surface area contributed by atoms with E-state index in [4.69, 9.17) is 0 Å². The van der Waals surface area contributed by atoms with E-state index >= 15 is 0 Å². The summed E-state index contributed by atoms with van der Waals surface area (Å²) in [6, 6.07) is 1.97. The van der Waals surface area contributed by atoms with Gasteiger partial charge in [0.05, 0.1) is 18.1 Å². The Balaban J connectivity index is 2.63. The average Bonchev–Trinajstić information content (AvgIpc) is 2.45. The van der Waals surface area contributed by atoms with Crippen LogP contribution in [0.25, 0.3) is 5.65 Å². The minimum absolute atomic E-state index is 0.0632. The van der Waals surface area contributed by atoms with Crippen molar-refractivity contribution in [1.29, 1.82) is 0 Å². The predicted molar refractivity (Wildman–Crippen MR) is 49.5 cm³/mol. The molecule has 13 heavy (non-hydrogen) atoms. The minimum atomic E-state index is 0.0632. The summed E-state index contributed by atoms with van der Waals surface area (Å²) in [6.45, 7) is 6.38. The van der Waals surface area contributed by atoms with Gasteiger partial charge in [-0.2, -0.15) is 10.2 Å². The van der Waals surface area contributed by atoms with Crippen molar-refractivity contribution in [1.82, 2.24) is 19.8 Å². The van der Waals surface area contributed by atoms with Crippen LogP contribution in [0.2, 0.25) is 0 Å². The third-order valence-electron chi connectivity index (χ3n) is 1.92. The summed E-state index contributed by atoms with van der Waals surface area (Å²) >= 11 is 0. The predicted octanol–water partition coefficient (Wildman–Crippen LogP) is 1.42. The molecule has 2 aromatic heterocycles. The summed E-state index contributed by atoms with van der Waals surface area (Å²) in [5.74, 6) is 0. The summed E-state index contributed by atoms with van der Waals surface area (Å²) in [5, 5.41) is 12.2. The lowest BCUT2D eigenvalue weighted by Gasteiger charge is -2.13. The Morgan fingerprint density at radius 2 is 2.08 bits per heavy atom. The molecule has 68 valence electrons. The highest BCUT2D eigenvalue weighted by molar-refractivity contribution is 5.38. The lowest BCUT2D eigenvalue weighted by atomic mass is 9.93. The molecule has 0 N–H and O–H groups in total. The molecule has 0 aliphatic carbocycles. The van der Waals surface area contributed by atoms with Crippen molar-refractivity contribution < 1.29 is 0 Å². The number of fused-ring (bicyclic) bond motifs is 1. The van der Waals surface area contributed by atoms with Crippen LogP contribution in [-0.4, -0.2) is 19.8 Å². The molecule has 0 fully saturated rings. The Kier molecular flexibility index (Phi) is 1.58. The zero-order valence-electron chi connectivity index (χ0n) is 8.02. The van der Waals surface area contributed by atoms with Crippen LogP contribution in [0.5, 0.6) is 0 Å². The van der Waals surface area contributed by atoms with Crippen molar-refractivity contribution >= 4 is 5.65 Å². The first-order valence-electron chi connectivity index (χ1n) is 4.25. The van der Waals surface area contributed by atoms with Crippen molar-refractivity contribution in [3.05, 3.63) is 24.2 Å². The molecule has 4 nitrogen and oxygen atoms in total. The molecular formula is C9H12N4. The van der Waals surface area contributed by atoms with E-state index in [-0.39, 0.29) is 5.41 Å². The van der Waals surface area contributed by atoms with Gasteiger partial charge in [-0.1, -0.05) is 20.8 Å². The van der Waals surface area contributed by atoms with Gasteiger partial charge in [-0.3, -0.25) is 0 Å². The highest BCUT2D eigenvalue weighted by Crippen LogP contribution is 2.20. The molecule has 2 heterocycles. The van der Waals surface area contributed by atoms with Gasteiger partial charge < -0.3 is 0 Å². The highest BCUT2D eigenvalue weighted by atomic mass is 15.3. The molecular weight excluding hydrogens is 164 g/mol. The zero-order valence-corrected chi connectivity index (χ0v) is 8.02. The maximum Gasteiger partial charge on any atom is 0.177 e. The molecule has 0 amide bonds. The largest absolute Gasteiger partial charge is 0.219 e. The molecule has 0 atom stereocenters. The SMILES string of the molecule is CC(C)(C)c1cc2nnccn2n1. The van der Waals surface area contributed by atoms with Crippen molar-refractivity contribution in [2.45, 2.75) is 26.2 Å². The fourth-order valence-corrected chi connectivity index (χ4v) is 1.12. The number of hydrogen-bond acceptors (Lipinski definition) is 3. The number of nitrogens with zero attached hydrogens (tertiary/aromatic N) is 4. The Hall–Kier alpha value is -1.45. The van der Waals surface area contributed by atoms with E-state index in [0.717, 1.165) is 11.3 Å². The summed E-state index contributed by atoms with van der Waals surface area (Å²) in [5.41, 5.74) is 1.90. The Morgan fingerprint density at radius 3 is 2.69 bits per heavy atom. The molecule has 0 aromatic carbocycles. The third-order valence-corrected chi connectivity index (χ3v) is 1.92. The van der Waals surface area contributed by atoms with Crippen molar-refractivity contribution in [3.63, 3.8) is 0 Å². The van der Waals surface area contributed by atoms with Gasteiger partial charge in [0.1, 0.15) is 0 Å². The molecule has 0 bridgehead atoms. The third kappa shape index (κ3) is 1.39. The topological polar surface area (TPSA) is 43.1 Å². The first kappa shape index (κ1) is 8.16. The van der Waals surface area contributed by atoms with Crippen molar-refractivity contribution in [3.8, 4) is 0 Å². The maximum absolute atomic E-state index is 4.40. The molecule has 0 saturated carbocycles. The van der Waals surface area contributed by atoms with Gasteiger partial charge in [-0.05, 0) is 0 Å². The molecule has 0 saturated heterocycles. The molecule has 0 radical (unpaired) electrons. The molecule has 0 spiro atoms. The van der Waals surface area contributed by atoms with E-state index in [1.165, 1.54) is 0 Å². The average molecular weight is 176 g/mol. The smallest absolute Gasteiger partial charge is 0.177 e. The summed E-state index contributed by atoms with van der Waals surface area (Å²) in [7, 11) is 0. The number of aromatic nitrogens is 4. The van der Waals surface area contributed by atoms with Gasteiger partial charge >= 0.3 is 0 Å². The molecule has 2 aromatic rings. The van der Waals surface area contributed by atoms with Crippen LogP contribution in [0, 0.1) is 0 Å². The molecule has 4 heteroatoms. The first-order chi connectivity index (χ1) is 6.07. The van der Waals surface area contributed by atoms with Crippen molar-refractivity contribution in [2.24, 2.45) is 0 Å². The van der Waals surface area contributed by atoms with Gasteiger partial charge in [0.25, 0.3) is 0 Å². The lowest BCUT2D eigenvalue weighted by Crippen LogP contribution is -2.11. The second-order valence-corrected chi connectivity index (χ2v) is 4.10. The minimum Gasteiger partial charge on any atom is -0.219 e. The second kappa shape index (κ2) is 2.52. The first-order valence-corrected chi connectivity index (χ1v) is 4.25. The maximum atomic E-state index is 4.40. The van der Waals surface area contributed by atoms with Gasteiger partial charge in [-0.25, -0.2) is 4.52 Å². The standard InChI is InChI=1S/C9H12N4/c1-9(2,3)7-6-8-11-10-4-5-13(8)12-7/h4-6H,1-3H3. The van der Waals surface area contributed by atoms with E-state index in [1.807, 2.05) is 6.07 Å². The van der Waals surface area contributed by atoms with Crippen LogP contribution in [0.1, 0.15) is 26.5 Å². The van der Waals surface area contributed by atoms with Crippen LogP contribution in [0.15, 0.2) is 18.5 Å². The van der Waals surface area contributed by atoms with Crippen molar-refractivity contribution in [2.75, 3.05) is 0 Å². The quantitative estimate of drug-likeness (QED) is 0.609. The van der Waals surface area contributed by atoms with E-state index in [9.17, 15) is 0 Å². The number of hydrogen-bond donors (Lipinski definition) is 0. The lowest BCUT2D eigenvalue weighted by molar-refractivity contribution is 0.562. The van der Waals surface area contributed by atoms with Crippen LogP contribution in [0.4, 0.5) is 0 Å². The van der Waals surface area contributed by atoms with Gasteiger partial charge in [0, 0.05) is 11.5 Å². The summed E-state index contributed by atoms with van der Waals surface area (Å²) < 4.78 is 1.74. The second-order valence-electron chi connectivity index (χ2n) is 4.10. The Bertz CT molecular complexity index is 391. The van der Waals surface area contributed by atoms with E-state index < -0.39 is 0 Å². The van der Waals surface area contributed by atoms with Crippen LogP contribution in [0.3, 0.4) is 0 Å². The fraction of sp³-hybridized carbons (Fsp3) is 0.444. The van der Waals surface area contributed by atoms with Gasteiger partial charge in [-0.15, -0.1) is 5.10 Å². The summed E-state index contributed by atoms with van der Waals surface area (Å²) in [6.07, 6.45) is 3.43. The highest BCUT2D eigenvalue weighted by Gasteiger charge is 2.17. The Labute approximate surface area is 76.6 Å². The summed E-state index contributed by atoms with van der Waals surface area (Å²) in [4.78, 5) is 0. The number of rotatable bonds is 0. The fourth-order valence-electron chi connectivity index (χ4n) is 1.12. The van der Waals surface area contributed by atoms with E-state index in [0.29, 0.717) is 0 Å². The molecule has 0 unspecified atom stereocenters. The normalized spacial score (nSPS) is 12.2. The van der Waals surface area contributed by atoms with E-state index in [2.05, 4.69) is 36.1 Å². The van der Waals surface area contributed by atoms with E-state index in [1.54, 1.807) is 16.9 Å². The zero-order chi connectivity index (χ0) is 9.47. The molecule has 2 rings (SSSR count). The molecule has 0 aliphatic heterocycles. The van der Waals surface area contributed by atoms with Gasteiger partial charge in [0.2, 0.25) is 0 Å². The Morgan fingerprint density at radius 1 is 1.31 bits per heavy atom. The van der Waals surface area contributed by atoms with Crippen LogP contribution in [-0.2, 0) is 5.41 Å². The van der Waals surface area contributed by atoms with Crippen LogP contribution < -0.4 is 0 Å². The monoisotopic (exact) mass is 176 g/mol.